The van der Waals surface area contributed by atoms with Gasteiger partial charge in [0.2, 0.25) is 0 Å². The number of aliphatic hydroxyl groups is 1. The second-order valence-corrected chi connectivity index (χ2v) is 11.3. The quantitative estimate of drug-likeness (QED) is 0.116. The van der Waals surface area contributed by atoms with Crippen molar-refractivity contribution in [2.45, 2.75) is 46.1 Å². The fourth-order valence-electron chi connectivity index (χ4n) is 4.40. The summed E-state index contributed by atoms with van der Waals surface area (Å²) in [6.07, 6.45) is 1.62. The first kappa shape index (κ1) is 28.8. The molecule has 0 aliphatic carbocycles. The van der Waals surface area contributed by atoms with Gasteiger partial charge < -0.3 is 14.6 Å². The highest BCUT2D eigenvalue weighted by Crippen LogP contribution is 2.44. The Morgan fingerprint density at radius 3 is 2.35 bits per heavy atom. The zero-order valence-electron chi connectivity index (χ0n) is 23.2. The SMILES string of the molecule is C=CCOc1ccc(/C(O)=C2\C(=O)C(=O)N(c3nc(C)c(C(=O)OCC)s3)C2c2ccc(C(C)(C)C)cc2)cc1. The molecule has 1 unspecified atom stereocenters. The number of rotatable bonds is 8. The third kappa shape index (κ3) is 5.56. The van der Waals surface area contributed by atoms with Crippen LogP contribution in [0.2, 0.25) is 0 Å². The summed E-state index contributed by atoms with van der Waals surface area (Å²) < 4.78 is 10.7. The lowest BCUT2D eigenvalue weighted by Gasteiger charge is -2.24. The summed E-state index contributed by atoms with van der Waals surface area (Å²) in [7, 11) is 0. The monoisotopic (exact) mass is 560 g/mol. The van der Waals surface area contributed by atoms with Crippen molar-refractivity contribution in [2.24, 2.45) is 0 Å². The minimum Gasteiger partial charge on any atom is -0.507 e. The number of anilines is 1. The number of carbonyl (C=O) groups excluding carboxylic acids is 3. The summed E-state index contributed by atoms with van der Waals surface area (Å²) in [6.45, 7) is 13.7. The van der Waals surface area contributed by atoms with E-state index in [2.05, 4.69) is 32.3 Å². The first-order valence-electron chi connectivity index (χ1n) is 12.9. The first-order valence-corrected chi connectivity index (χ1v) is 13.7. The highest BCUT2D eigenvalue weighted by molar-refractivity contribution is 7.17. The number of esters is 1. The van der Waals surface area contributed by atoms with E-state index in [1.807, 2.05) is 24.3 Å². The highest BCUT2D eigenvalue weighted by Gasteiger charge is 2.48. The van der Waals surface area contributed by atoms with E-state index in [0.29, 0.717) is 29.2 Å². The van der Waals surface area contributed by atoms with Gasteiger partial charge in [-0.3, -0.25) is 14.5 Å². The fraction of sp³-hybridized carbons (Fsp3) is 0.290. The molecule has 1 aromatic heterocycles. The molecule has 0 radical (unpaired) electrons. The third-order valence-electron chi connectivity index (χ3n) is 6.48. The van der Waals surface area contributed by atoms with Crippen molar-refractivity contribution in [1.29, 1.82) is 0 Å². The molecule has 40 heavy (non-hydrogen) atoms. The summed E-state index contributed by atoms with van der Waals surface area (Å²) in [6, 6.07) is 13.2. The Morgan fingerprint density at radius 2 is 1.77 bits per heavy atom. The van der Waals surface area contributed by atoms with E-state index < -0.39 is 23.7 Å². The second kappa shape index (κ2) is 11.5. The van der Waals surface area contributed by atoms with Crippen LogP contribution in [0.3, 0.4) is 0 Å². The largest absolute Gasteiger partial charge is 0.507 e. The Balaban J connectivity index is 1.86. The van der Waals surface area contributed by atoms with Crippen molar-refractivity contribution in [3.05, 3.63) is 94.0 Å². The van der Waals surface area contributed by atoms with E-state index in [9.17, 15) is 19.5 Å². The Hall–Kier alpha value is -4.24. The van der Waals surface area contributed by atoms with E-state index in [0.717, 1.165) is 16.9 Å². The molecule has 0 saturated carbocycles. The van der Waals surface area contributed by atoms with Gasteiger partial charge in [-0.05, 0) is 54.7 Å². The summed E-state index contributed by atoms with van der Waals surface area (Å²) in [4.78, 5) is 45.4. The van der Waals surface area contributed by atoms with Gasteiger partial charge in [-0.25, -0.2) is 9.78 Å². The van der Waals surface area contributed by atoms with Crippen LogP contribution in [0.15, 0.2) is 66.8 Å². The van der Waals surface area contributed by atoms with Crippen LogP contribution in [0.5, 0.6) is 5.75 Å². The van der Waals surface area contributed by atoms with E-state index >= 15 is 0 Å². The molecule has 8 nitrogen and oxygen atoms in total. The van der Waals surface area contributed by atoms with Crippen LogP contribution < -0.4 is 9.64 Å². The number of ketones is 1. The molecule has 9 heteroatoms. The predicted molar refractivity (Wildman–Crippen MR) is 155 cm³/mol. The average molecular weight is 561 g/mol. The van der Waals surface area contributed by atoms with Crippen LogP contribution >= 0.6 is 11.3 Å². The van der Waals surface area contributed by atoms with Gasteiger partial charge in [-0.2, -0.15) is 0 Å². The van der Waals surface area contributed by atoms with Gasteiger partial charge in [0.1, 0.15) is 23.0 Å². The van der Waals surface area contributed by atoms with Crippen LogP contribution in [0.25, 0.3) is 5.76 Å². The molecule has 208 valence electrons. The van der Waals surface area contributed by atoms with Gasteiger partial charge in [0.05, 0.1) is 23.9 Å². The number of carbonyl (C=O) groups is 3. The van der Waals surface area contributed by atoms with E-state index in [-0.39, 0.29) is 33.4 Å². The highest BCUT2D eigenvalue weighted by atomic mass is 32.1. The van der Waals surface area contributed by atoms with Gasteiger partial charge in [0.25, 0.3) is 5.78 Å². The van der Waals surface area contributed by atoms with Crippen LogP contribution in [0.4, 0.5) is 5.13 Å². The number of aliphatic hydroxyl groups excluding tert-OH is 1. The number of thiazole rings is 1. The van der Waals surface area contributed by atoms with E-state index in [1.165, 1.54) is 4.90 Å². The molecule has 3 aromatic rings. The zero-order chi connectivity index (χ0) is 29.2. The maximum atomic E-state index is 13.5. The van der Waals surface area contributed by atoms with Gasteiger partial charge in [-0.1, -0.05) is 69.0 Å². The van der Waals surface area contributed by atoms with E-state index in [1.54, 1.807) is 44.2 Å². The number of amides is 1. The summed E-state index contributed by atoms with van der Waals surface area (Å²) >= 11 is 0.974. The smallest absolute Gasteiger partial charge is 0.350 e. The normalized spacial score (nSPS) is 16.7. The van der Waals surface area contributed by atoms with Gasteiger partial charge in [-0.15, -0.1) is 0 Å². The second-order valence-electron chi connectivity index (χ2n) is 10.3. The molecule has 1 aliphatic rings. The third-order valence-corrected chi connectivity index (χ3v) is 7.62. The molecule has 2 aromatic carbocycles. The number of Topliss-reactive ketones (excluding diaryl/α,β-unsaturated/α-hetero) is 1. The van der Waals surface area contributed by atoms with Crippen LogP contribution in [-0.4, -0.2) is 41.0 Å². The van der Waals surface area contributed by atoms with Crippen molar-refractivity contribution in [3.63, 3.8) is 0 Å². The summed E-state index contributed by atoms with van der Waals surface area (Å²) in [5, 5.41) is 11.6. The molecule has 1 fully saturated rings. The zero-order valence-corrected chi connectivity index (χ0v) is 24.0. The Kier molecular flexibility index (Phi) is 8.25. The van der Waals surface area contributed by atoms with Crippen molar-refractivity contribution < 1.29 is 29.0 Å². The minimum atomic E-state index is -0.966. The predicted octanol–water partition coefficient (Wildman–Crippen LogP) is 6.12. The van der Waals surface area contributed by atoms with Crippen molar-refractivity contribution in [1.82, 2.24) is 4.98 Å². The summed E-state index contributed by atoms with van der Waals surface area (Å²) in [5.74, 6) is -2.00. The molecule has 0 spiro atoms. The number of hydrogen-bond acceptors (Lipinski definition) is 8. The Labute approximate surface area is 237 Å². The number of ether oxygens (including phenoxy) is 2. The molecule has 2 heterocycles. The van der Waals surface area contributed by atoms with Gasteiger partial charge >= 0.3 is 11.9 Å². The lowest BCUT2D eigenvalue weighted by Crippen LogP contribution is -2.29. The Bertz CT molecular complexity index is 1480. The first-order chi connectivity index (χ1) is 19.0. The molecular weight excluding hydrogens is 528 g/mol. The van der Waals surface area contributed by atoms with Gasteiger partial charge in [0, 0.05) is 5.56 Å². The maximum absolute atomic E-state index is 13.5. The molecular formula is C31H32N2O6S. The molecule has 1 saturated heterocycles. The molecule has 1 amide bonds. The number of aryl methyl sites for hydroxylation is 1. The standard InChI is InChI=1S/C31H32N2O6S/c1-7-17-39-22-15-11-20(12-16-22)25(34)23-24(19-9-13-21(14-10-19)31(4,5)6)33(28(36)26(23)35)30-32-18(3)27(40-30)29(37)38-8-2/h7,9-16,24,34H,1,8,17H2,2-6H3/b25-23+. The lowest BCUT2D eigenvalue weighted by atomic mass is 9.85. The number of nitrogens with zero attached hydrogens (tertiary/aromatic N) is 2. The number of benzene rings is 2. The Morgan fingerprint density at radius 1 is 1.12 bits per heavy atom. The average Bonchev–Trinajstić information content (AvgIpc) is 3.43. The summed E-state index contributed by atoms with van der Waals surface area (Å²) in [5.41, 5.74) is 2.23. The fourth-order valence-corrected chi connectivity index (χ4v) is 5.39. The van der Waals surface area contributed by atoms with Crippen molar-refractivity contribution in [2.75, 3.05) is 18.1 Å². The molecule has 1 atom stereocenters. The number of aromatic nitrogens is 1. The van der Waals surface area contributed by atoms with Crippen molar-refractivity contribution in [3.8, 4) is 5.75 Å². The molecule has 1 aliphatic heterocycles. The molecule has 0 bridgehead atoms. The number of hydrogen-bond donors (Lipinski definition) is 1. The van der Waals surface area contributed by atoms with Crippen LogP contribution in [0.1, 0.15) is 65.8 Å². The maximum Gasteiger partial charge on any atom is 0.350 e. The molecule has 4 rings (SSSR count). The lowest BCUT2D eigenvalue weighted by molar-refractivity contribution is -0.132. The van der Waals surface area contributed by atoms with Gasteiger partial charge in [0.15, 0.2) is 5.13 Å². The minimum absolute atomic E-state index is 0.0705. The molecule has 1 N–H and O–H groups in total. The topological polar surface area (TPSA) is 106 Å². The van der Waals surface area contributed by atoms with Crippen LogP contribution in [0, 0.1) is 6.92 Å². The van der Waals surface area contributed by atoms with Crippen molar-refractivity contribution >= 4 is 39.9 Å². The van der Waals surface area contributed by atoms with Crippen LogP contribution in [-0.2, 0) is 19.7 Å². The van der Waals surface area contributed by atoms with E-state index in [4.69, 9.17) is 9.47 Å².